The number of carboxylic acid groups (broad SMARTS) is 1. The van der Waals surface area contributed by atoms with Gasteiger partial charge in [0.2, 0.25) is 0 Å². The van der Waals surface area contributed by atoms with Crippen molar-refractivity contribution in [1.29, 1.82) is 0 Å². The van der Waals surface area contributed by atoms with Crippen LogP contribution in [0, 0.1) is 13.8 Å². The first-order chi connectivity index (χ1) is 10.4. The van der Waals surface area contributed by atoms with E-state index in [-0.39, 0.29) is 24.4 Å². The monoisotopic (exact) mass is 346 g/mol. The Hall–Kier alpha value is -1.80. The maximum atomic E-state index is 11.7. The molecule has 0 saturated carbocycles. The van der Waals surface area contributed by atoms with Gasteiger partial charge >= 0.3 is 12.1 Å². The molecule has 130 valence electrons. The molecule has 1 aliphatic heterocycles. The summed E-state index contributed by atoms with van der Waals surface area (Å²) in [6.45, 7) is 5.87. The molecule has 8 nitrogen and oxygen atoms in total. The second kappa shape index (κ2) is 8.16. The van der Waals surface area contributed by atoms with Gasteiger partial charge in [0.1, 0.15) is 5.56 Å². The van der Waals surface area contributed by atoms with Crippen LogP contribution >= 0.6 is 12.4 Å². The predicted molar refractivity (Wildman–Crippen MR) is 86.3 cm³/mol. The zero-order chi connectivity index (χ0) is 16.3. The molecule has 0 bridgehead atoms. The van der Waals surface area contributed by atoms with Crippen molar-refractivity contribution in [3.8, 4) is 0 Å². The molecule has 0 spiro atoms. The Morgan fingerprint density at radius 2 is 2.13 bits per heavy atom. The average Bonchev–Trinajstić information content (AvgIpc) is 2.79. The van der Waals surface area contributed by atoms with Crippen molar-refractivity contribution in [1.82, 2.24) is 20.0 Å². The number of rotatable bonds is 4. The lowest BCUT2D eigenvalue weighted by atomic mass is 10.1. The number of hydrogen-bond acceptors (Lipinski definition) is 5. The SMILES string of the molecule is COC(=O)c1c(C)nn(CC[C@@H]2CN(C(=O)O)CCN2)c1C.Cl. The van der Waals surface area contributed by atoms with Crippen molar-refractivity contribution in [2.75, 3.05) is 26.7 Å². The maximum Gasteiger partial charge on any atom is 0.407 e. The van der Waals surface area contributed by atoms with Crippen molar-refractivity contribution in [2.45, 2.75) is 32.9 Å². The van der Waals surface area contributed by atoms with Gasteiger partial charge < -0.3 is 20.1 Å². The largest absolute Gasteiger partial charge is 0.465 e. The summed E-state index contributed by atoms with van der Waals surface area (Å²) >= 11 is 0. The molecular weight excluding hydrogens is 324 g/mol. The Kier molecular flexibility index (Phi) is 6.83. The van der Waals surface area contributed by atoms with Crippen LogP contribution in [0.5, 0.6) is 0 Å². The van der Waals surface area contributed by atoms with Gasteiger partial charge in [-0.25, -0.2) is 9.59 Å². The van der Waals surface area contributed by atoms with Crippen molar-refractivity contribution in [2.24, 2.45) is 0 Å². The number of nitrogens with zero attached hydrogens (tertiary/aromatic N) is 3. The standard InChI is InChI=1S/C14H22N4O4.ClH/c1-9-12(13(19)22-3)10(2)18(16-9)6-4-11-8-17(14(20)21)7-5-15-11;/h11,15H,4-8H2,1-3H3,(H,20,21);1H/t11-;/m1./s1. The number of hydrogen-bond donors (Lipinski definition) is 2. The maximum absolute atomic E-state index is 11.7. The topological polar surface area (TPSA) is 96.7 Å². The van der Waals surface area contributed by atoms with Crippen LogP contribution in [0.25, 0.3) is 0 Å². The molecule has 2 heterocycles. The van der Waals surface area contributed by atoms with Crippen LogP contribution in [0.2, 0.25) is 0 Å². The van der Waals surface area contributed by atoms with Crippen molar-refractivity contribution in [3.63, 3.8) is 0 Å². The lowest BCUT2D eigenvalue weighted by molar-refractivity contribution is 0.0598. The van der Waals surface area contributed by atoms with E-state index in [1.807, 2.05) is 6.92 Å². The Balaban J connectivity index is 0.00000264. The van der Waals surface area contributed by atoms with Gasteiger partial charge in [0.25, 0.3) is 0 Å². The average molecular weight is 347 g/mol. The number of aryl methyl sites for hydroxylation is 2. The van der Waals surface area contributed by atoms with Crippen LogP contribution < -0.4 is 5.32 Å². The summed E-state index contributed by atoms with van der Waals surface area (Å²) in [5.41, 5.74) is 1.93. The van der Waals surface area contributed by atoms with Gasteiger partial charge in [0, 0.05) is 32.2 Å². The summed E-state index contributed by atoms with van der Waals surface area (Å²) in [6.07, 6.45) is -0.141. The summed E-state index contributed by atoms with van der Waals surface area (Å²) < 4.78 is 6.55. The first kappa shape index (κ1) is 19.2. The molecule has 9 heteroatoms. The molecule has 1 fully saturated rings. The molecule has 1 saturated heterocycles. The van der Waals surface area contributed by atoms with Gasteiger partial charge in [-0.15, -0.1) is 12.4 Å². The third kappa shape index (κ3) is 4.35. The number of carbonyl (C=O) groups is 2. The van der Waals surface area contributed by atoms with Crippen molar-refractivity contribution >= 4 is 24.5 Å². The highest BCUT2D eigenvalue weighted by Crippen LogP contribution is 2.15. The minimum Gasteiger partial charge on any atom is -0.465 e. The summed E-state index contributed by atoms with van der Waals surface area (Å²) in [6, 6.07) is 0.0929. The van der Waals surface area contributed by atoms with E-state index in [4.69, 9.17) is 9.84 Å². The molecule has 2 rings (SSSR count). The van der Waals surface area contributed by atoms with E-state index in [0.717, 1.165) is 12.1 Å². The Bertz CT molecular complexity index is 575. The van der Waals surface area contributed by atoms with E-state index >= 15 is 0 Å². The quantitative estimate of drug-likeness (QED) is 0.791. The third-order valence-corrected chi connectivity index (χ3v) is 3.99. The number of esters is 1. The molecule has 1 amide bonds. The van der Waals surface area contributed by atoms with Crippen molar-refractivity contribution < 1.29 is 19.4 Å². The van der Waals surface area contributed by atoms with Crippen LogP contribution in [0.1, 0.15) is 28.2 Å². The van der Waals surface area contributed by atoms with E-state index in [2.05, 4.69) is 10.4 Å². The highest BCUT2D eigenvalue weighted by Gasteiger charge is 2.24. The molecule has 23 heavy (non-hydrogen) atoms. The van der Waals surface area contributed by atoms with Crippen LogP contribution in [-0.4, -0.2) is 64.6 Å². The van der Waals surface area contributed by atoms with Crippen LogP contribution in [0.4, 0.5) is 4.79 Å². The minimum absolute atomic E-state index is 0. The Morgan fingerprint density at radius 3 is 2.74 bits per heavy atom. The van der Waals surface area contributed by atoms with Crippen LogP contribution in [-0.2, 0) is 11.3 Å². The molecule has 0 radical (unpaired) electrons. The third-order valence-electron chi connectivity index (χ3n) is 3.99. The fraction of sp³-hybridized carbons (Fsp3) is 0.643. The van der Waals surface area contributed by atoms with Crippen LogP contribution in [0.3, 0.4) is 0 Å². The van der Waals surface area contributed by atoms with E-state index in [1.165, 1.54) is 12.0 Å². The summed E-state index contributed by atoms with van der Waals surface area (Å²) in [7, 11) is 1.35. The smallest absolute Gasteiger partial charge is 0.407 e. The summed E-state index contributed by atoms with van der Waals surface area (Å²) in [5, 5.41) is 16.7. The number of methoxy groups -OCH3 is 1. The zero-order valence-corrected chi connectivity index (χ0v) is 14.4. The van der Waals surface area contributed by atoms with E-state index in [0.29, 0.717) is 37.4 Å². The first-order valence-electron chi connectivity index (χ1n) is 7.27. The van der Waals surface area contributed by atoms with Crippen molar-refractivity contribution in [3.05, 3.63) is 17.0 Å². The number of halogens is 1. The fourth-order valence-electron chi connectivity index (χ4n) is 2.78. The molecule has 1 aliphatic rings. The number of aromatic nitrogens is 2. The molecule has 2 N–H and O–H groups in total. The normalized spacial score (nSPS) is 17.5. The number of nitrogens with one attached hydrogen (secondary N) is 1. The van der Waals surface area contributed by atoms with Gasteiger partial charge in [0.05, 0.1) is 18.5 Å². The zero-order valence-electron chi connectivity index (χ0n) is 13.5. The highest BCUT2D eigenvalue weighted by atomic mass is 35.5. The number of amides is 1. The number of carbonyl (C=O) groups excluding carboxylic acids is 1. The van der Waals surface area contributed by atoms with Gasteiger partial charge in [-0.1, -0.05) is 0 Å². The Labute approximate surface area is 141 Å². The lowest BCUT2D eigenvalue weighted by Gasteiger charge is -2.31. The minimum atomic E-state index is -0.884. The molecule has 1 aromatic heterocycles. The van der Waals surface area contributed by atoms with E-state index < -0.39 is 6.09 Å². The second-order valence-electron chi connectivity index (χ2n) is 5.43. The fourth-order valence-corrected chi connectivity index (χ4v) is 2.78. The Morgan fingerprint density at radius 1 is 1.43 bits per heavy atom. The second-order valence-corrected chi connectivity index (χ2v) is 5.43. The predicted octanol–water partition coefficient (Wildman–Crippen LogP) is 1.05. The van der Waals surface area contributed by atoms with Gasteiger partial charge in [0.15, 0.2) is 0 Å². The molecule has 0 aliphatic carbocycles. The van der Waals surface area contributed by atoms with E-state index in [1.54, 1.807) is 11.6 Å². The first-order valence-corrected chi connectivity index (χ1v) is 7.27. The molecule has 1 aromatic rings. The molecule has 0 aromatic carbocycles. The molecule has 0 unspecified atom stereocenters. The molecular formula is C14H23ClN4O4. The lowest BCUT2D eigenvalue weighted by Crippen LogP contribution is -2.52. The summed E-state index contributed by atoms with van der Waals surface area (Å²) in [4.78, 5) is 24.2. The summed E-state index contributed by atoms with van der Waals surface area (Å²) in [5.74, 6) is -0.380. The van der Waals surface area contributed by atoms with E-state index in [9.17, 15) is 9.59 Å². The van der Waals surface area contributed by atoms with Gasteiger partial charge in [-0.3, -0.25) is 4.68 Å². The number of piperazine rings is 1. The van der Waals surface area contributed by atoms with Crippen LogP contribution in [0.15, 0.2) is 0 Å². The molecule has 1 atom stereocenters. The van der Waals surface area contributed by atoms with Gasteiger partial charge in [-0.2, -0.15) is 5.10 Å². The number of ether oxygens (including phenoxy) is 1. The van der Waals surface area contributed by atoms with Gasteiger partial charge in [-0.05, 0) is 20.3 Å². The highest BCUT2D eigenvalue weighted by molar-refractivity contribution is 5.91.